The Balaban J connectivity index is 2.49. The molecule has 0 aliphatic carbocycles. The number of halogens is 1. The first-order chi connectivity index (χ1) is 6.29. The van der Waals surface area contributed by atoms with Crippen molar-refractivity contribution in [2.24, 2.45) is 5.73 Å². The number of nitrogens with two attached hydrogens (primary N) is 1. The Kier molecular flexibility index (Phi) is 2.33. The SMILES string of the molecule is NCCc1nc2ccc(Br)cc2o1. The lowest BCUT2D eigenvalue weighted by molar-refractivity contribution is 0.531. The molecule has 0 fully saturated rings. The molecule has 0 unspecified atom stereocenters. The van der Waals surface area contributed by atoms with Gasteiger partial charge in [0.15, 0.2) is 11.5 Å². The predicted molar refractivity (Wildman–Crippen MR) is 54.5 cm³/mol. The average molecular weight is 241 g/mol. The van der Waals surface area contributed by atoms with Crippen LogP contribution in [0.3, 0.4) is 0 Å². The predicted octanol–water partition coefficient (Wildman–Crippen LogP) is 2.09. The van der Waals surface area contributed by atoms with Crippen LogP contribution in [0.25, 0.3) is 11.1 Å². The topological polar surface area (TPSA) is 52.0 Å². The second kappa shape index (κ2) is 3.47. The van der Waals surface area contributed by atoms with Crippen LogP contribution in [0.2, 0.25) is 0 Å². The number of fused-ring (bicyclic) bond motifs is 1. The molecule has 0 saturated heterocycles. The van der Waals surface area contributed by atoms with Gasteiger partial charge >= 0.3 is 0 Å². The Labute approximate surface area is 84.1 Å². The van der Waals surface area contributed by atoms with Crippen LogP contribution < -0.4 is 5.73 Å². The first-order valence-electron chi connectivity index (χ1n) is 4.04. The molecule has 0 radical (unpaired) electrons. The van der Waals surface area contributed by atoms with Crippen molar-refractivity contribution in [1.82, 2.24) is 4.98 Å². The third-order valence-electron chi connectivity index (χ3n) is 1.75. The van der Waals surface area contributed by atoms with Crippen LogP contribution in [0.4, 0.5) is 0 Å². The maximum Gasteiger partial charge on any atom is 0.196 e. The Morgan fingerprint density at radius 2 is 2.31 bits per heavy atom. The molecule has 1 heterocycles. The molecule has 1 aromatic carbocycles. The monoisotopic (exact) mass is 240 g/mol. The smallest absolute Gasteiger partial charge is 0.196 e. The quantitative estimate of drug-likeness (QED) is 0.875. The average Bonchev–Trinajstić information content (AvgIpc) is 2.46. The molecule has 2 N–H and O–H groups in total. The lowest BCUT2D eigenvalue weighted by atomic mass is 10.3. The van der Waals surface area contributed by atoms with Gasteiger partial charge in [-0.15, -0.1) is 0 Å². The summed E-state index contributed by atoms with van der Waals surface area (Å²) in [6.07, 6.45) is 0.687. The zero-order valence-corrected chi connectivity index (χ0v) is 8.54. The van der Waals surface area contributed by atoms with Crippen molar-refractivity contribution in [1.29, 1.82) is 0 Å². The fraction of sp³-hybridized carbons (Fsp3) is 0.222. The molecule has 3 nitrogen and oxygen atoms in total. The van der Waals surface area contributed by atoms with Crippen LogP contribution in [0.15, 0.2) is 27.1 Å². The molecule has 4 heteroatoms. The van der Waals surface area contributed by atoms with Gasteiger partial charge in [-0.1, -0.05) is 15.9 Å². The van der Waals surface area contributed by atoms with E-state index in [1.807, 2.05) is 18.2 Å². The van der Waals surface area contributed by atoms with Crippen LogP contribution in [0, 0.1) is 0 Å². The second-order valence-electron chi connectivity index (χ2n) is 2.76. The summed E-state index contributed by atoms with van der Waals surface area (Å²) >= 11 is 3.37. The number of oxazole rings is 1. The van der Waals surface area contributed by atoms with Crippen molar-refractivity contribution in [3.05, 3.63) is 28.6 Å². The normalized spacial score (nSPS) is 10.9. The van der Waals surface area contributed by atoms with Crippen LogP contribution >= 0.6 is 15.9 Å². The standard InChI is InChI=1S/C9H9BrN2O/c10-6-1-2-7-8(5-6)13-9(12-7)3-4-11/h1-2,5H,3-4,11H2. The van der Waals surface area contributed by atoms with Gasteiger partial charge in [0.05, 0.1) is 0 Å². The molecule has 0 spiro atoms. The van der Waals surface area contributed by atoms with Crippen molar-refractivity contribution < 1.29 is 4.42 Å². The molecule has 0 aliphatic rings. The van der Waals surface area contributed by atoms with Crippen molar-refractivity contribution >= 4 is 27.0 Å². The second-order valence-corrected chi connectivity index (χ2v) is 3.67. The molecule has 2 aromatic rings. The number of rotatable bonds is 2. The number of benzene rings is 1. The molecular weight excluding hydrogens is 232 g/mol. The minimum Gasteiger partial charge on any atom is -0.441 e. The summed E-state index contributed by atoms with van der Waals surface area (Å²) in [5.41, 5.74) is 7.09. The Morgan fingerprint density at radius 1 is 1.46 bits per heavy atom. The molecule has 2 rings (SSSR count). The number of nitrogens with zero attached hydrogens (tertiary/aromatic N) is 1. The first kappa shape index (κ1) is 8.72. The van der Waals surface area contributed by atoms with Gasteiger partial charge in [-0.2, -0.15) is 0 Å². The zero-order valence-electron chi connectivity index (χ0n) is 6.96. The largest absolute Gasteiger partial charge is 0.441 e. The van der Waals surface area contributed by atoms with E-state index in [1.54, 1.807) is 0 Å². The van der Waals surface area contributed by atoms with Gasteiger partial charge in [0, 0.05) is 17.4 Å². The van der Waals surface area contributed by atoms with E-state index in [9.17, 15) is 0 Å². The number of aromatic nitrogens is 1. The minimum absolute atomic E-state index is 0.563. The maximum atomic E-state index is 5.47. The highest BCUT2D eigenvalue weighted by Gasteiger charge is 2.04. The molecule has 13 heavy (non-hydrogen) atoms. The third-order valence-corrected chi connectivity index (χ3v) is 2.25. The lowest BCUT2D eigenvalue weighted by Crippen LogP contribution is -2.02. The van der Waals surface area contributed by atoms with Crippen molar-refractivity contribution in [3.63, 3.8) is 0 Å². The van der Waals surface area contributed by atoms with Crippen LogP contribution in [0.5, 0.6) is 0 Å². The number of hydrogen-bond acceptors (Lipinski definition) is 3. The summed E-state index contributed by atoms with van der Waals surface area (Å²) < 4.78 is 6.46. The van der Waals surface area contributed by atoms with E-state index >= 15 is 0 Å². The van der Waals surface area contributed by atoms with E-state index in [-0.39, 0.29) is 0 Å². The summed E-state index contributed by atoms with van der Waals surface area (Å²) in [5.74, 6) is 0.704. The molecule has 0 bridgehead atoms. The molecule has 0 aliphatic heterocycles. The maximum absolute atomic E-state index is 5.47. The van der Waals surface area contributed by atoms with Gasteiger partial charge in [0.25, 0.3) is 0 Å². The summed E-state index contributed by atoms with van der Waals surface area (Å²) in [7, 11) is 0. The summed E-state index contributed by atoms with van der Waals surface area (Å²) in [4.78, 5) is 4.28. The van der Waals surface area contributed by atoms with Crippen molar-refractivity contribution in [2.45, 2.75) is 6.42 Å². The van der Waals surface area contributed by atoms with Gasteiger partial charge in [0.1, 0.15) is 5.52 Å². The van der Waals surface area contributed by atoms with Crippen molar-refractivity contribution in [3.8, 4) is 0 Å². The van der Waals surface area contributed by atoms with Gasteiger partial charge < -0.3 is 10.2 Å². The molecular formula is C9H9BrN2O. The van der Waals surface area contributed by atoms with E-state index in [2.05, 4.69) is 20.9 Å². The van der Waals surface area contributed by atoms with Gasteiger partial charge in [-0.3, -0.25) is 0 Å². The highest BCUT2D eigenvalue weighted by molar-refractivity contribution is 9.10. The van der Waals surface area contributed by atoms with Crippen LogP contribution in [0.1, 0.15) is 5.89 Å². The highest BCUT2D eigenvalue weighted by atomic mass is 79.9. The molecule has 1 aromatic heterocycles. The highest BCUT2D eigenvalue weighted by Crippen LogP contribution is 2.20. The minimum atomic E-state index is 0.563. The van der Waals surface area contributed by atoms with E-state index in [0.717, 1.165) is 15.6 Å². The zero-order chi connectivity index (χ0) is 9.26. The summed E-state index contributed by atoms with van der Waals surface area (Å²) in [5, 5.41) is 0. The number of hydrogen-bond donors (Lipinski definition) is 1. The van der Waals surface area contributed by atoms with E-state index in [1.165, 1.54) is 0 Å². The van der Waals surface area contributed by atoms with Crippen LogP contribution in [-0.4, -0.2) is 11.5 Å². The van der Waals surface area contributed by atoms with Gasteiger partial charge in [0.2, 0.25) is 0 Å². The van der Waals surface area contributed by atoms with E-state index in [4.69, 9.17) is 10.2 Å². The van der Waals surface area contributed by atoms with Gasteiger partial charge in [-0.25, -0.2) is 4.98 Å². The lowest BCUT2D eigenvalue weighted by Gasteiger charge is -1.87. The first-order valence-corrected chi connectivity index (χ1v) is 4.84. The Bertz CT molecular complexity index is 424. The molecule has 0 saturated carbocycles. The third kappa shape index (κ3) is 1.73. The molecule has 0 amide bonds. The summed E-state index contributed by atoms with van der Waals surface area (Å²) in [6, 6.07) is 5.77. The Hall–Kier alpha value is -0.870. The fourth-order valence-corrected chi connectivity index (χ4v) is 1.52. The van der Waals surface area contributed by atoms with E-state index < -0.39 is 0 Å². The van der Waals surface area contributed by atoms with E-state index in [0.29, 0.717) is 18.9 Å². The molecule has 68 valence electrons. The Morgan fingerprint density at radius 3 is 3.08 bits per heavy atom. The van der Waals surface area contributed by atoms with Crippen LogP contribution in [-0.2, 0) is 6.42 Å². The van der Waals surface area contributed by atoms with Gasteiger partial charge in [-0.05, 0) is 18.2 Å². The van der Waals surface area contributed by atoms with Crippen molar-refractivity contribution in [2.75, 3.05) is 6.54 Å². The summed E-state index contributed by atoms with van der Waals surface area (Å²) in [6.45, 7) is 0.563. The fourth-order valence-electron chi connectivity index (χ4n) is 1.18. The molecule has 0 atom stereocenters.